The number of nitrogens with zero attached hydrogens (tertiary/aromatic N) is 2. The first-order chi connectivity index (χ1) is 15.8. The molecule has 2 heterocycles. The topological polar surface area (TPSA) is 98.8 Å². The number of carbonyl (C=O) groups excluding carboxylic acids is 4. The van der Waals surface area contributed by atoms with Crippen molar-refractivity contribution in [3.63, 3.8) is 0 Å². The third-order valence-corrected chi connectivity index (χ3v) is 6.66. The molecule has 8 heteroatoms. The Morgan fingerprint density at radius 2 is 2.00 bits per heavy atom. The third-order valence-electron chi connectivity index (χ3n) is 6.66. The Labute approximate surface area is 193 Å². The van der Waals surface area contributed by atoms with Crippen molar-refractivity contribution in [1.82, 2.24) is 15.1 Å². The van der Waals surface area contributed by atoms with Crippen LogP contribution in [0.1, 0.15) is 30.4 Å². The molecule has 0 radical (unpaired) electrons. The van der Waals surface area contributed by atoms with Gasteiger partial charge in [-0.2, -0.15) is 0 Å². The average Bonchev–Trinajstić information content (AvgIpc) is 3.26. The van der Waals surface area contributed by atoms with Crippen LogP contribution in [-0.2, 0) is 27.2 Å². The normalized spacial score (nSPS) is 24.8. The highest BCUT2D eigenvalue weighted by Gasteiger charge is 2.54. The Hall–Kier alpha value is -3.68. The summed E-state index contributed by atoms with van der Waals surface area (Å²) in [6.45, 7) is 3.60. The van der Waals surface area contributed by atoms with Crippen molar-refractivity contribution in [1.29, 1.82) is 0 Å². The van der Waals surface area contributed by atoms with E-state index in [9.17, 15) is 19.2 Å². The molecule has 1 spiro atoms. The Kier molecular flexibility index (Phi) is 6.18. The highest BCUT2D eigenvalue weighted by molar-refractivity contribution is 6.07. The van der Waals surface area contributed by atoms with E-state index in [4.69, 9.17) is 0 Å². The van der Waals surface area contributed by atoms with Gasteiger partial charge in [0.2, 0.25) is 11.8 Å². The van der Waals surface area contributed by atoms with Crippen LogP contribution in [0.5, 0.6) is 0 Å². The van der Waals surface area contributed by atoms with Gasteiger partial charge in [-0.25, -0.2) is 4.79 Å². The molecule has 1 aliphatic carbocycles. The van der Waals surface area contributed by atoms with E-state index < -0.39 is 11.6 Å². The van der Waals surface area contributed by atoms with Crippen LogP contribution >= 0.6 is 0 Å². The van der Waals surface area contributed by atoms with Crippen molar-refractivity contribution < 1.29 is 19.2 Å². The van der Waals surface area contributed by atoms with Gasteiger partial charge in [-0.3, -0.25) is 19.7 Å². The molecule has 0 bridgehead atoms. The number of likely N-dealkylation sites (tertiary alicyclic amines) is 1. The lowest BCUT2D eigenvalue weighted by Gasteiger charge is -2.33. The molecule has 1 aromatic carbocycles. The lowest BCUT2D eigenvalue weighted by molar-refractivity contribution is -0.138. The number of allylic oxidation sites excluding steroid dienone is 4. The van der Waals surface area contributed by atoms with Crippen molar-refractivity contribution in [2.75, 3.05) is 18.9 Å². The standard InChI is InChI=1S/C25H28N4O4/c1-3-4-5-6-8-20-9-7-10-22(31)29(20)16-21(30)26-19-12-11-17-14-25(15-18(17)13-19)23(32)27-24(33)28(25)2/h3-6,8,11-13,20H,1,7,9-10,14-16H2,2H3,(H,26,30)(H,27,32,33)/b5-4-,8-6+/t20-,25-/m0/s1. The Balaban J connectivity index is 1.43. The number of rotatable bonds is 6. The van der Waals surface area contributed by atoms with E-state index in [0.29, 0.717) is 24.9 Å². The molecule has 8 nitrogen and oxygen atoms in total. The number of hydrogen-bond acceptors (Lipinski definition) is 4. The number of anilines is 1. The molecule has 33 heavy (non-hydrogen) atoms. The minimum atomic E-state index is -0.901. The maximum Gasteiger partial charge on any atom is 0.324 e. The van der Waals surface area contributed by atoms with Crippen LogP contribution in [0.3, 0.4) is 0 Å². The zero-order valence-corrected chi connectivity index (χ0v) is 18.7. The Morgan fingerprint density at radius 1 is 1.21 bits per heavy atom. The van der Waals surface area contributed by atoms with Gasteiger partial charge >= 0.3 is 6.03 Å². The molecule has 172 valence electrons. The Bertz CT molecular complexity index is 1080. The summed E-state index contributed by atoms with van der Waals surface area (Å²) in [6, 6.07) is 5.01. The SMILES string of the molecule is C=C/C=C\C=C\[C@H]1CCCC(=O)N1CC(=O)Nc1ccc2c(c1)C[C@@]1(C2)C(=O)NC(=O)N1C. The molecule has 0 saturated carbocycles. The van der Waals surface area contributed by atoms with Gasteiger partial charge in [-0.1, -0.05) is 43.0 Å². The molecular weight excluding hydrogens is 420 g/mol. The summed E-state index contributed by atoms with van der Waals surface area (Å²) in [4.78, 5) is 52.7. The second-order valence-corrected chi connectivity index (χ2v) is 8.72. The second kappa shape index (κ2) is 9.05. The van der Waals surface area contributed by atoms with Crippen molar-refractivity contribution >= 4 is 29.4 Å². The maximum atomic E-state index is 12.8. The fourth-order valence-electron chi connectivity index (χ4n) is 4.82. The molecule has 2 fully saturated rings. The molecular formula is C25H28N4O4. The molecule has 2 aliphatic heterocycles. The first kappa shape index (κ1) is 22.5. The summed E-state index contributed by atoms with van der Waals surface area (Å²) < 4.78 is 0. The van der Waals surface area contributed by atoms with Gasteiger partial charge in [0.1, 0.15) is 12.1 Å². The monoisotopic (exact) mass is 448 g/mol. The summed E-state index contributed by atoms with van der Waals surface area (Å²) >= 11 is 0. The molecule has 0 unspecified atom stereocenters. The van der Waals surface area contributed by atoms with Gasteiger partial charge in [-0.05, 0) is 36.1 Å². The van der Waals surface area contributed by atoms with Gasteiger partial charge in [0.05, 0.1) is 6.04 Å². The van der Waals surface area contributed by atoms with E-state index in [-0.39, 0.29) is 30.3 Å². The lowest BCUT2D eigenvalue weighted by Crippen LogP contribution is -2.48. The zero-order valence-electron chi connectivity index (χ0n) is 18.7. The molecule has 2 saturated heterocycles. The minimum absolute atomic E-state index is 0.0281. The van der Waals surface area contributed by atoms with E-state index in [1.807, 2.05) is 30.4 Å². The molecule has 2 atom stereocenters. The van der Waals surface area contributed by atoms with Crippen LogP contribution in [0.2, 0.25) is 0 Å². The second-order valence-electron chi connectivity index (χ2n) is 8.72. The number of fused-ring (bicyclic) bond motifs is 1. The first-order valence-electron chi connectivity index (χ1n) is 11.1. The van der Waals surface area contributed by atoms with Gasteiger partial charge in [0, 0.05) is 32.0 Å². The van der Waals surface area contributed by atoms with Gasteiger partial charge in [-0.15, -0.1) is 0 Å². The van der Waals surface area contributed by atoms with Crippen molar-refractivity contribution in [2.45, 2.75) is 43.7 Å². The van der Waals surface area contributed by atoms with Gasteiger partial charge in [0.15, 0.2) is 0 Å². The van der Waals surface area contributed by atoms with E-state index in [1.165, 1.54) is 4.90 Å². The predicted molar refractivity (Wildman–Crippen MR) is 124 cm³/mol. The number of urea groups is 1. The molecule has 5 amide bonds. The van der Waals surface area contributed by atoms with Crippen LogP contribution in [0.4, 0.5) is 10.5 Å². The lowest BCUT2D eigenvalue weighted by atomic mass is 9.95. The predicted octanol–water partition coefficient (Wildman–Crippen LogP) is 2.32. The minimum Gasteiger partial charge on any atom is -0.327 e. The summed E-state index contributed by atoms with van der Waals surface area (Å²) in [5, 5.41) is 5.26. The number of amides is 5. The van der Waals surface area contributed by atoms with Crippen LogP contribution in [-0.4, -0.2) is 58.7 Å². The molecule has 4 rings (SSSR count). The van der Waals surface area contributed by atoms with Crippen molar-refractivity contribution in [3.8, 4) is 0 Å². The number of likely N-dealkylation sites (N-methyl/N-ethyl adjacent to an activating group) is 1. The van der Waals surface area contributed by atoms with Crippen LogP contribution in [0, 0.1) is 0 Å². The molecule has 1 aromatic rings. The molecule has 0 aromatic heterocycles. The molecule has 2 N–H and O–H groups in total. The zero-order chi connectivity index (χ0) is 23.6. The number of nitrogens with one attached hydrogen (secondary N) is 2. The summed E-state index contributed by atoms with van der Waals surface area (Å²) in [5.74, 6) is -0.596. The largest absolute Gasteiger partial charge is 0.327 e. The van der Waals surface area contributed by atoms with Crippen molar-refractivity contribution in [2.24, 2.45) is 0 Å². The van der Waals surface area contributed by atoms with E-state index in [2.05, 4.69) is 17.2 Å². The van der Waals surface area contributed by atoms with E-state index in [1.54, 1.807) is 30.2 Å². The van der Waals surface area contributed by atoms with E-state index in [0.717, 1.165) is 24.0 Å². The number of carbonyl (C=O) groups is 4. The van der Waals surface area contributed by atoms with E-state index >= 15 is 0 Å². The van der Waals surface area contributed by atoms with Gasteiger partial charge < -0.3 is 15.1 Å². The van der Waals surface area contributed by atoms with Crippen molar-refractivity contribution in [3.05, 3.63) is 66.3 Å². The number of imide groups is 1. The summed E-state index contributed by atoms with van der Waals surface area (Å²) in [7, 11) is 1.63. The van der Waals surface area contributed by atoms with Crippen LogP contribution < -0.4 is 10.6 Å². The average molecular weight is 449 g/mol. The number of hydrogen-bond donors (Lipinski definition) is 2. The third kappa shape index (κ3) is 4.33. The summed E-state index contributed by atoms with van der Waals surface area (Å²) in [5.41, 5.74) is 1.61. The van der Waals surface area contributed by atoms with Gasteiger partial charge in [0.25, 0.3) is 5.91 Å². The van der Waals surface area contributed by atoms with Crippen LogP contribution in [0.25, 0.3) is 0 Å². The quantitative estimate of drug-likeness (QED) is 0.515. The Morgan fingerprint density at radius 3 is 2.73 bits per heavy atom. The summed E-state index contributed by atoms with van der Waals surface area (Å²) in [6.07, 6.45) is 12.0. The fraction of sp³-hybridized carbons (Fsp3) is 0.360. The fourth-order valence-corrected chi connectivity index (χ4v) is 4.82. The highest BCUT2D eigenvalue weighted by Crippen LogP contribution is 2.38. The smallest absolute Gasteiger partial charge is 0.324 e. The maximum absolute atomic E-state index is 12.8. The number of benzene rings is 1. The first-order valence-corrected chi connectivity index (χ1v) is 11.1. The highest BCUT2D eigenvalue weighted by atomic mass is 16.2. The molecule has 3 aliphatic rings. The van der Waals surface area contributed by atoms with Crippen LogP contribution in [0.15, 0.2) is 55.2 Å². The number of piperidine rings is 1.